The molecule has 0 radical (unpaired) electrons. The van der Waals surface area contributed by atoms with E-state index < -0.39 is 23.1 Å². The van der Waals surface area contributed by atoms with Gasteiger partial charge < -0.3 is 47.8 Å². The molecule has 4 saturated heterocycles. The van der Waals surface area contributed by atoms with Crippen molar-refractivity contribution in [2.75, 3.05) is 33.0 Å². The minimum absolute atomic E-state index is 0.0229. The summed E-state index contributed by atoms with van der Waals surface area (Å²) in [6.45, 7) is 18.3. The maximum atomic E-state index is 11.6. The number of aliphatic hydroxyl groups excluding tert-OH is 1. The minimum Gasteiger partial charge on any atom is -0.396 e. The summed E-state index contributed by atoms with van der Waals surface area (Å²) in [6, 6.07) is 0. The summed E-state index contributed by atoms with van der Waals surface area (Å²) in [5.41, 5.74) is 0. The molecule has 0 aliphatic carbocycles. The Bertz CT molecular complexity index is 745. The van der Waals surface area contributed by atoms with Crippen LogP contribution < -0.4 is 0 Å². The number of hydrogen-bond acceptors (Lipinski definition) is 10. The van der Waals surface area contributed by atoms with E-state index in [-0.39, 0.29) is 42.9 Å². The Labute approximate surface area is 253 Å². The van der Waals surface area contributed by atoms with Crippen molar-refractivity contribution in [1.82, 2.24) is 0 Å². The third kappa shape index (κ3) is 7.57. The van der Waals surface area contributed by atoms with Crippen molar-refractivity contribution < 1.29 is 47.8 Å². The minimum atomic E-state index is -0.544. The van der Waals surface area contributed by atoms with Crippen LogP contribution in [0, 0.1) is 11.8 Å². The van der Waals surface area contributed by atoms with Crippen LogP contribution in [-0.4, -0.2) is 92.0 Å². The molecule has 0 spiro atoms. The van der Waals surface area contributed by atoms with E-state index >= 15 is 0 Å². The molecule has 1 N–H and O–H groups in total. The number of carbonyl (C=O) groups is 1. The number of carbonyl (C=O) groups excluding carboxylic acids is 1. The number of rotatable bonds is 14. The van der Waals surface area contributed by atoms with Gasteiger partial charge in [0, 0.05) is 5.92 Å². The first-order valence-corrected chi connectivity index (χ1v) is 16.5. The highest BCUT2D eigenvalue weighted by Gasteiger charge is 2.50. The van der Waals surface area contributed by atoms with E-state index in [1.807, 2.05) is 27.7 Å². The van der Waals surface area contributed by atoms with Gasteiger partial charge in [0.1, 0.15) is 6.29 Å². The van der Waals surface area contributed by atoms with Gasteiger partial charge in [-0.1, -0.05) is 55.4 Å². The summed E-state index contributed by atoms with van der Waals surface area (Å²) in [6.07, 6.45) is 6.54. The summed E-state index contributed by atoms with van der Waals surface area (Å²) in [5.74, 6) is -2.53. The Hall–Kier alpha value is -0.690. The molecule has 0 aromatic carbocycles. The molecule has 10 heteroatoms. The van der Waals surface area contributed by atoms with Gasteiger partial charge in [0.2, 0.25) is 0 Å². The number of hydrogen-bond donors (Lipinski definition) is 1. The van der Waals surface area contributed by atoms with Crippen LogP contribution in [0.1, 0.15) is 107 Å². The molecule has 4 aliphatic rings. The Morgan fingerprint density at radius 2 is 0.810 bits per heavy atom. The molecular weight excluding hydrogens is 544 g/mol. The predicted octanol–water partition coefficient (Wildman–Crippen LogP) is 5.12. The van der Waals surface area contributed by atoms with Crippen LogP contribution in [0.4, 0.5) is 0 Å². The fraction of sp³-hybridized carbons (Fsp3) is 0.969. The van der Waals surface area contributed by atoms with Crippen molar-refractivity contribution in [3.63, 3.8) is 0 Å². The normalized spacial score (nSPS) is 31.0. The van der Waals surface area contributed by atoms with Gasteiger partial charge in [0.15, 0.2) is 23.1 Å². The van der Waals surface area contributed by atoms with Crippen molar-refractivity contribution in [2.24, 2.45) is 11.8 Å². The summed E-state index contributed by atoms with van der Waals surface area (Å²) < 4.78 is 47.8. The molecule has 0 aromatic rings. The highest BCUT2D eigenvalue weighted by Crippen LogP contribution is 2.40. The van der Waals surface area contributed by atoms with Crippen molar-refractivity contribution in [1.29, 1.82) is 0 Å². The van der Waals surface area contributed by atoms with E-state index in [2.05, 4.69) is 27.7 Å². The fourth-order valence-electron chi connectivity index (χ4n) is 6.49. The second kappa shape index (κ2) is 15.5. The highest BCUT2D eigenvalue weighted by molar-refractivity contribution is 5.56. The summed E-state index contributed by atoms with van der Waals surface area (Å²) in [4.78, 5) is 11.6. The first-order chi connectivity index (χ1) is 20.1. The topological polar surface area (TPSA) is 111 Å². The van der Waals surface area contributed by atoms with Crippen LogP contribution in [0.2, 0.25) is 0 Å². The third-order valence-electron chi connectivity index (χ3n) is 10.00. The Morgan fingerprint density at radius 1 is 0.548 bits per heavy atom. The number of ether oxygens (including phenoxy) is 8. The van der Waals surface area contributed by atoms with Gasteiger partial charge in [-0.15, -0.1) is 0 Å². The summed E-state index contributed by atoms with van der Waals surface area (Å²) >= 11 is 0. The molecular formula is C32H58O10. The van der Waals surface area contributed by atoms with Gasteiger partial charge in [0.25, 0.3) is 0 Å². The molecule has 246 valence electrons. The molecule has 0 amide bonds. The Balaban J connectivity index is 0.000000230. The van der Waals surface area contributed by atoms with Gasteiger partial charge in [0.05, 0.1) is 63.4 Å². The van der Waals surface area contributed by atoms with Gasteiger partial charge >= 0.3 is 0 Å². The van der Waals surface area contributed by atoms with E-state index in [0.717, 1.165) is 57.7 Å². The van der Waals surface area contributed by atoms with Crippen molar-refractivity contribution in [3.8, 4) is 0 Å². The van der Waals surface area contributed by atoms with Crippen LogP contribution in [0.15, 0.2) is 0 Å². The van der Waals surface area contributed by atoms with Crippen molar-refractivity contribution in [3.05, 3.63) is 0 Å². The van der Waals surface area contributed by atoms with Crippen molar-refractivity contribution >= 4 is 6.29 Å². The van der Waals surface area contributed by atoms with E-state index in [4.69, 9.17) is 37.9 Å². The molecule has 0 aromatic heterocycles. The molecule has 42 heavy (non-hydrogen) atoms. The first-order valence-electron chi connectivity index (χ1n) is 16.5. The largest absolute Gasteiger partial charge is 0.396 e. The zero-order valence-electron chi connectivity index (χ0n) is 27.4. The maximum Gasteiger partial charge on any atom is 0.168 e. The molecule has 0 unspecified atom stereocenters. The van der Waals surface area contributed by atoms with Gasteiger partial charge in [-0.3, -0.25) is 0 Å². The molecule has 4 fully saturated rings. The summed E-state index contributed by atoms with van der Waals surface area (Å²) in [7, 11) is 0. The molecule has 0 saturated carbocycles. The van der Waals surface area contributed by atoms with E-state index in [1.165, 1.54) is 0 Å². The average Bonchev–Trinajstić information content (AvgIpc) is 3.85. The number of aldehydes is 1. The monoisotopic (exact) mass is 602 g/mol. The third-order valence-corrected chi connectivity index (χ3v) is 10.00. The molecule has 4 atom stereocenters. The lowest BCUT2D eigenvalue weighted by Gasteiger charge is -2.30. The first kappa shape index (κ1) is 35.8. The number of aliphatic hydroxyl groups is 1. The Morgan fingerprint density at radius 3 is 1.02 bits per heavy atom. The molecule has 4 aliphatic heterocycles. The van der Waals surface area contributed by atoms with Crippen LogP contribution in [0.3, 0.4) is 0 Å². The van der Waals surface area contributed by atoms with Crippen molar-refractivity contribution in [2.45, 2.75) is 154 Å². The van der Waals surface area contributed by atoms with Crippen LogP contribution in [0.25, 0.3) is 0 Å². The second-order valence-corrected chi connectivity index (χ2v) is 11.9. The SMILES string of the molecule is CCC1(CC)OC[C@@H](C(C=O)[C@@H]2COC(CC)(CC)O2)O1.CCC1(CC)OC[C@@H](C(CO)[C@@H]2COC(CC)(CC)O2)O1. The zero-order valence-corrected chi connectivity index (χ0v) is 27.4. The standard InChI is InChI=1S/C16H30O5.C16H28O5/c2*1-5-15(6-2)18-10-13(20-15)12(9-17)14-11-19-16(7-3,8-4)21-14/h12-14,17H,5-11H2,1-4H3;9,12-14H,5-8,10-11H2,1-4H3/t2*13-,14-/m00/s1. The second-order valence-electron chi connectivity index (χ2n) is 11.9. The average molecular weight is 603 g/mol. The lowest BCUT2D eigenvalue weighted by molar-refractivity contribution is -0.197. The van der Waals surface area contributed by atoms with E-state index in [1.54, 1.807) is 0 Å². The molecule has 10 nitrogen and oxygen atoms in total. The fourth-order valence-corrected chi connectivity index (χ4v) is 6.49. The quantitative estimate of drug-likeness (QED) is 0.269. The lowest BCUT2D eigenvalue weighted by Crippen LogP contribution is -2.40. The van der Waals surface area contributed by atoms with Gasteiger partial charge in [-0.2, -0.15) is 0 Å². The van der Waals surface area contributed by atoms with Gasteiger partial charge in [-0.25, -0.2) is 0 Å². The van der Waals surface area contributed by atoms with Gasteiger partial charge in [-0.05, 0) is 51.4 Å². The van der Waals surface area contributed by atoms with E-state index in [0.29, 0.717) is 26.4 Å². The zero-order chi connectivity index (χ0) is 31.0. The molecule has 4 heterocycles. The van der Waals surface area contributed by atoms with E-state index in [9.17, 15) is 9.90 Å². The van der Waals surface area contributed by atoms with Crippen LogP contribution in [0.5, 0.6) is 0 Å². The Kier molecular flexibility index (Phi) is 13.2. The molecule has 0 bridgehead atoms. The highest BCUT2D eigenvalue weighted by atomic mass is 16.8. The smallest absolute Gasteiger partial charge is 0.168 e. The summed E-state index contributed by atoms with van der Waals surface area (Å²) in [5, 5.41) is 9.81. The molecule has 4 rings (SSSR count). The maximum absolute atomic E-state index is 11.6. The lowest BCUT2D eigenvalue weighted by atomic mass is 9.97. The predicted molar refractivity (Wildman–Crippen MR) is 157 cm³/mol. The van der Waals surface area contributed by atoms with Crippen LogP contribution in [-0.2, 0) is 42.7 Å². The van der Waals surface area contributed by atoms with Crippen LogP contribution >= 0.6 is 0 Å².